The van der Waals surface area contributed by atoms with Crippen LogP contribution in [0, 0.1) is 10.1 Å². The number of fused-ring (bicyclic) bond motifs is 1. The fourth-order valence-electron chi connectivity index (χ4n) is 1.80. The number of hydrogen-bond acceptors (Lipinski definition) is 4. The summed E-state index contributed by atoms with van der Waals surface area (Å²) in [5.41, 5.74) is 0.0878. The second-order valence-corrected chi connectivity index (χ2v) is 4.29. The third-order valence-electron chi connectivity index (χ3n) is 2.64. The van der Waals surface area contributed by atoms with Crippen LogP contribution in [-0.2, 0) is 10.1 Å². The summed E-state index contributed by atoms with van der Waals surface area (Å²) in [4.78, 5) is 24.0. The van der Waals surface area contributed by atoms with Crippen molar-refractivity contribution in [3.8, 4) is 0 Å². The molecule has 0 bridgehead atoms. The van der Waals surface area contributed by atoms with Gasteiger partial charge in [0.15, 0.2) is 0 Å². The number of ether oxygens (including phenoxy) is 1. The van der Waals surface area contributed by atoms with Gasteiger partial charge in [-0.25, -0.2) is 4.79 Å². The van der Waals surface area contributed by atoms with Crippen LogP contribution in [0.15, 0.2) is 24.3 Å². The van der Waals surface area contributed by atoms with Gasteiger partial charge in [0.25, 0.3) is 5.52 Å². The van der Waals surface area contributed by atoms with E-state index >= 15 is 0 Å². The second kappa shape index (κ2) is 5.40. The lowest BCUT2D eigenvalue weighted by molar-refractivity contribution is -0.469. The standard InChI is InChI=1S/C12H11BrN2O4/c1-2-19-12(16)11-10(7-13)14(17)8-5-3-4-6-9(8)15(11)18/h3-6H,2,7H2,1H3. The number of carbonyl (C=O) groups excluding carboxylic acids is 1. The zero-order valence-corrected chi connectivity index (χ0v) is 11.7. The maximum absolute atomic E-state index is 12.2. The lowest BCUT2D eigenvalue weighted by Crippen LogP contribution is -2.32. The molecule has 0 saturated carbocycles. The van der Waals surface area contributed by atoms with Gasteiger partial charge in [-0.05, 0) is 13.0 Å². The highest BCUT2D eigenvalue weighted by molar-refractivity contribution is 9.08. The topological polar surface area (TPSA) is 77.3 Å². The molecule has 0 unspecified atom stereocenters. The third-order valence-corrected chi connectivity index (χ3v) is 3.17. The number of alkyl halides is 1. The Morgan fingerprint density at radius 2 is 2.16 bits per heavy atom. The number of benzene rings is 1. The number of esters is 1. The van der Waals surface area contributed by atoms with Gasteiger partial charge in [-0.1, -0.05) is 28.1 Å². The van der Waals surface area contributed by atoms with Crippen LogP contribution in [-0.4, -0.2) is 17.3 Å². The zero-order chi connectivity index (χ0) is 14.0. The summed E-state index contributed by atoms with van der Waals surface area (Å²) in [6.07, 6.45) is 0. The largest absolute Gasteiger partial charge is 0.805 e. The number of para-hydroxylation sites is 2. The van der Waals surface area contributed by atoms with Gasteiger partial charge in [0.2, 0.25) is 0 Å². The molecule has 7 heteroatoms. The van der Waals surface area contributed by atoms with Crippen molar-refractivity contribution in [1.29, 1.82) is 0 Å². The van der Waals surface area contributed by atoms with Gasteiger partial charge in [0.1, 0.15) is 11.2 Å². The smallest absolute Gasteiger partial charge is 0.410 e. The molecule has 0 atom stereocenters. The van der Waals surface area contributed by atoms with Crippen molar-refractivity contribution in [3.63, 3.8) is 0 Å². The first-order valence-corrected chi connectivity index (χ1v) is 6.73. The molecule has 1 heterocycles. The Bertz CT molecular complexity index is 696. The van der Waals surface area contributed by atoms with E-state index < -0.39 is 5.97 Å². The molecular weight excluding hydrogens is 316 g/mol. The molecule has 1 aromatic heterocycles. The van der Waals surface area contributed by atoms with Crippen LogP contribution in [0.5, 0.6) is 0 Å². The maximum atomic E-state index is 12.2. The average molecular weight is 327 g/mol. The number of nitrogens with zero attached hydrogens (tertiary/aromatic N) is 2. The van der Waals surface area contributed by atoms with Crippen LogP contribution in [0.1, 0.15) is 23.1 Å². The summed E-state index contributed by atoms with van der Waals surface area (Å²) in [6, 6.07) is 6.29. The van der Waals surface area contributed by atoms with Crippen molar-refractivity contribution < 1.29 is 14.0 Å². The summed E-state index contributed by atoms with van der Waals surface area (Å²) >= 11 is 3.12. The van der Waals surface area contributed by atoms with E-state index in [0.717, 1.165) is 0 Å². The van der Waals surface area contributed by atoms with E-state index in [1.165, 1.54) is 12.1 Å². The lowest BCUT2D eigenvalue weighted by atomic mass is 10.2. The van der Waals surface area contributed by atoms with Gasteiger partial charge in [-0.2, -0.15) is 0 Å². The highest BCUT2D eigenvalue weighted by atomic mass is 79.9. The Morgan fingerprint density at radius 1 is 1.47 bits per heavy atom. The number of aromatic nitrogens is 2. The van der Waals surface area contributed by atoms with Crippen molar-refractivity contribution in [2.75, 3.05) is 6.61 Å². The Balaban J connectivity index is 2.86. The van der Waals surface area contributed by atoms with Crippen molar-refractivity contribution in [2.24, 2.45) is 0 Å². The Morgan fingerprint density at radius 3 is 2.79 bits per heavy atom. The van der Waals surface area contributed by atoms with Gasteiger partial charge < -0.3 is 14.7 Å². The van der Waals surface area contributed by atoms with Crippen LogP contribution in [0.25, 0.3) is 11.0 Å². The zero-order valence-electron chi connectivity index (χ0n) is 10.1. The van der Waals surface area contributed by atoms with Crippen molar-refractivity contribution in [3.05, 3.63) is 45.8 Å². The molecule has 0 spiro atoms. The first-order chi connectivity index (χ1) is 9.11. The molecule has 6 nitrogen and oxygen atoms in total. The molecule has 0 aliphatic carbocycles. The van der Waals surface area contributed by atoms with Crippen LogP contribution in [0.2, 0.25) is 0 Å². The lowest BCUT2D eigenvalue weighted by Gasteiger charge is -2.16. The monoisotopic (exact) mass is 326 g/mol. The minimum Gasteiger partial charge on any atom is -0.805 e. The predicted molar refractivity (Wildman–Crippen MR) is 72.7 cm³/mol. The van der Waals surface area contributed by atoms with Crippen molar-refractivity contribution in [1.82, 2.24) is 4.73 Å². The van der Waals surface area contributed by atoms with Crippen molar-refractivity contribution >= 4 is 32.9 Å². The molecule has 19 heavy (non-hydrogen) atoms. The fourth-order valence-corrected chi connectivity index (χ4v) is 2.30. The Labute approximate surface area is 116 Å². The second-order valence-electron chi connectivity index (χ2n) is 3.73. The molecule has 2 aromatic rings. The number of halogens is 1. The van der Waals surface area contributed by atoms with Gasteiger partial charge in [0.05, 0.1) is 16.4 Å². The summed E-state index contributed by atoms with van der Waals surface area (Å²) in [5, 5.41) is 12.2. The number of carbonyl (C=O) groups is 1. The highest BCUT2D eigenvalue weighted by Crippen LogP contribution is 2.17. The third kappa shape index (κ3) is 2.21. The fraction of sp³-hybridized carbons (Fsp3) is 0.250. The summed E-state index contributed by atoms with van der Waals surface area (Å²) in [6.45, 7) is 1.76. The molecule has 100 valence electrons. The normalized spacial score (nSPS) is 10.6. The van der Waals surface area contributed by atoms with Gasteiger partial charge >= 0.3 is 11.7 Å². The van der Waals surface area contributed by atoms with E-state index in [4.69, 9.17) is 4.74 Å². The van der Waals surface area contributed by atoms with Crippen LogP contribution in [0.4, 0.5) is 0 Å². The summed E-state index contributed by atoms with van der Waals surface area (Å²) < 4.78 is 5.84. The van der Waals surface area contributed by atoms with Crippen LogP contribution < -0.4 is 4.43 Å². The van der Waals surface area contributed by atoms with Gasteiger partial charge in [0, 0.05) is 11.0 Å². The molecule has 1 aromatic carbocycles. The molecule has 0 amide bonds. The molecule has 0 N–H and O–H groups in total. The van der Waals surface area contributed by atoms with Crippen molar-refractivity contribution in [2.45, 2.75) is 12.3 Å². The molecule has 0 aliphatic heterocycles. The van der Waals surface area contributed by atoms with Crippen LogP contribution >= 0.6 is 15.9 Å². The summed E-state index contributed by atoms with van der Waals surface area (Å²) in [5.74, 6) is -0.803. The van der Waals surface area contributed by atoms with E-state index in [0.29, 0.717) is 9.16 Å². The molecule has 0 saturated heterocycles. The van der Waals surface area contributed by atoms with Crippen LogP contribution in [0.3, 0.4) is 0 Å². The maximum Gasteiger partial charge on any atom is 0.410 e. The first-order valence-electron chi connectivity index (χ1n) is 5.61. The van der Waals surface area contributed by atoms with E-state index in [1.807, 2.05) is 0 Å². The molecule has 0 fully saturated rings. The van der Waals surface area contributed by atoms with E-state index in [9.17, 15) is 14.9 Å². The summed E-state index contributed by atoms with van der Waals surface area (Å²) in [7, 11) is 0. The minimum atomic E-state index is -0.803. The van der Waals surface area contributed by atoms with Gasteiger partial charge in [-0.3, -0.25) is 0 Å². The molecular formula is C12H11BrN2O4. The van der Waals surface area contributed by atoms with E-state index in [1.54, 1.807) is 19.1 Å². The highest BCUT2D eigenvalue weighted by Gasteiger charge is 2.29. The Kier molecular flexibility index (Phi) is 3.84. The molecule has 2 rings (SSSR count). The molecule has 0 aliphatic rings. The first kappa shape index (κ1) is 13.5. The number of rotatable bonds is 3. The minimum absolute atomic E-state index is 0.0344. The Hall–Kier alpha value is -1.89. The van der Waals surface area contributed by atoms with Gasteiger partial charge in [-0.15, -0.1) is 0 Å². The quantitative estimate of drug-likeness (QED) is 0.491. The number of hydrogen-bond donors (Lipinski definition) is 0. The molecule has 0 radical (unpaired) electrons. The van der Waals surface area contributed by atoms with E-state index in [2.05, 4.69) is 15.9 Å². The SMILES string of the molecule is CCOC(=O)c1c(CBr)n([O-])c2ccccc2[n+]1=O. The predicted octanol–water partition coefficient (Wildman–Crippen LogP) is 1.97. The van der Waals surface area contributed by atoms with E-state index in [-0.39, 0.29) is 34.4 Å². The average Bonchev–Trinajstić information content (AvgIpc) is 2.42.